The number of benzene rings is 2. The van der Waals surface area contributed by atoms with Gasteiger partial charge in [-0.25, -0.2) is 4.99 Å². The molecule has 0 unspecified atom stereocenters. The molecule has 6 nitrogen and oxygen atoms in total. The van der Waals surface area contributed by atoms with Crippen molar-refractivity contribution in [1.82, 2.24) is 5.32 Å². The molecule has 27 heavy (non-hydrogen) atoms. The summed E-state index contributed by atoms with van der Waals surface area (Å²) >= 11 is 1.26. The highest BCUT2D eigenvalue weighted by Crippen LogP contribution is 2.38. The second-order valence-electron chi connectivity index (χ2n) is 6.05. The minimum Gasteiger partial charge on any atom is -0.502 e. The average molecular weight is 384 g/mol. The molecule has 0 saturated carbocycles. The van der Waals surface area contributed by atoms with E-state index in [9.17, 15) is 9.90 Å². The van der Waals surface area contributed by atoms with E-state index in [4.69, 9.17) is 9.47 Å². The number of carbonyl (C=O) groups excluding carboxylic acids is 1. The lowest BCUT2D eigenvalue weighted by Gasteiger charge is -2.09. The first-order valence-corrected chi connectivity index (χ1v) is 9.04. The van der Waals surface area contributed by atoms with Gasteiger partial charge in [-0.15, -0.1) is 0 Å². The van der Waals surface area contributed by atoms with E-state index >= 15 is 0 Å². The molecule has 3 rings (SSSR count). The SMILES string of the molecule is COc1cc(/C=C2/SC(=Nc3ccc(C)cc3C)NC2=O)cc(OC)c1O. The minimum atomic E-state index is -0.227. The quantitative estimate of drug-likeness (QED) is 0.781. The van der Waals surface area contributed by atoms with Crippen molar-refractivity contribution >= 4 is 34.6 Å². The number of amidine groups is 1. The molecular weight excluding hydrogens is 364 g/mol. The van der Waals surface area contributed by atoms with Gasteiger partial charge in [0, 0.05) is 0 Å². The third-order valence-corrected chi connectivity index (χ3v) is 4.93. The number of rotatable bonds is 4. The van der Waals surface area contributed by atoms with Crippen LogP contribution in [0.5, 0.6) is 17.2 Å². The molecule has 0 aliphatic carbocycles. The Morgan fingerprint density at radius 1 is 1.11 bits per heavy atom. The van der Waals surface area contributed by atoms with Crippen LogP contribution in [0, 0.1) is 13.8 Å². The molecule has 1 aliphatic heterocycles. The summed E-state index contributed by atoms with van der Waals surface area (Å²) in [6, 6.07) is 9.24. The lowest BCUT2D eigenvalue weighted by atomic mass is 10.1. The largest absolute Gasteiger partial charge is 0.502 e. The normalized spacial score (nSPS) is 16.7. The van der Waals surface area contributed by atoms with E-state index in [1.807, 2.05) is 32.0 Å². The monoisotopic (exact) mass is 384 g/mol. The summed E-state index contributed by atoms with van der Waals surface area (Å²) in [5, 5.41) is 13.3. The molecule has 0 radical (unpaired) electrons. The number of methoxy groups -OCH3 is 2. The Hall–Kier alpha value is -2.93. The van der Waals surface area contributed by atoms with Crippen molar-refractivity contribution in [3.63, 3.8) is 0 Å². The van der Waals surface area contributed by atoms with Gasteiger partial charge in [0.15, 0.2) is 16.7 Å². The summed E-state index contributed by atoms with van der Waals surface area (Å²) in [5.41, 5.74) is 3.70. The molecule has 0 atom stereocenters. The van der Waals surface area contributed by atoms with Gasteiger partial charge < -0.3 is 19.9 Å². The molecular formula is C20H20N2O4S. The molecule has 2 aromatic rings. The fourth-order valence-electron chi connectivity index (χ4n) is 2.67. The molecule has 0 aromatic heterocycles. The van der Waals surface area contributed by atoms with Crippen molar-refractivity contribution in [2.24, 2.45) is 4.99 Å². The number of ether oxygens (including phenoxy) is 2. The maximum atomic E-state index is 12.3. The van der Waals surface area contributed by atoms with Gasteiger partial charge in [-0.05, 0) is 61.0 Å². The summed E-state index contributed by atoms with van der Waals surface area (Å²) in [5.74, 6) is 0.236. The maximum absolute atomic E-state index is 12.3. The standard InChI is InChI=1S/C20H20N2O4S/c1-11-5-6-14(12(2)7-11)21-20-22-19(24)17(27-20)10-13-8-15(25-3)18(23)16(9-13)26-4/h5-10,23H,1-4H3,(H,21,22,24)/b17-10+. The number of nitrogens with one attached hydrogen (secondary N) is 1. The van der Waals surface area contributed by atoms with Gasteiger partial charge in [-0.3, -0.25) is 4.79 Å². The molecule has 1 amide bonds. The van der Waals surface area contributed by atoms with Crippen molar-refractivity contribution < 1.29 is 19.4 Å². The second kappa shape index (κ2) is 7.75. The van der Waals surface area contributed by atoms with Crippen LogP contribution in [0.25, 0.3) is 6.08 Å². The van der Waals surface area contributed by atoms with Crippen LogP contribution in [-0.2, 0) is 4.79 Å². The highest BCUT2D eigenvalue weighted by atomic mass is 32.2. The van der Waals surface area contributed by atoms with Gasteiger partial charge >= 0.3 is 0 Å². The van der Waals surface area contributed by atoms with Crippen molar-refractivity contribution in [2.75, 3.05) is 14.2 Å². The van der Waals surface area contributed by atoms with Gasteiger partial charge in [0.25, 0.3) is 5.91 Å². The number of nitrogens with zero attached hydrogens (tertiary/aromatic N) is 1. The summed E-state index contributed by atoms with van der Waals surface area (Å²) in [7, 11) is 2.91. The Balaban J connectivity index is 1.90. The number of phenols is 1. The molecule has 7 heteroatoms. The van der Waals surface area contributed by atoms with E-state index in [1.165, 1.54) is 26.0 Å². The maximum Gasteiger partial charge on any atom is 0.264 e. The summed E-state index contributed by atoms with van der Waals surface area (Å²) in [6.07, 6.45) is 1.70. The summed E-state index contributed by atoms with van der Waals surface area (Å²) in [6.45, 7) is 4.01. The number of aryl methyl sites for hydroxylation is 2. The first-order chi connectivity index (χ1) is 12.9. The van der Waals surface area contributed by atoms with Gasteiger partial charge in [0.2, 0.25) is 5.75 Å². The van der Waals surface area contributed by atoms with Crippen molar-refractivity contribution in [3.05, 3.63) is 51.9 Å². The summed E-state index contributed by atoms with van der Waals surface area (Å²) in [4.78, 5) is 17.3. The number of aromatic hydroxyl groups is 1. The smallest absolute Gasteiger partial charge is 0.264 e. The highest BCUT2D eigenvalue weighted by Gasteiger charge is 2.24. The van der Waals surface area contributed by atoms with E-state index in [1.54, 1.807) is 18.2 Å². The number of hydrogen-bond donors (Lipinski definition) is 2. The Morgan fingerprint density at radius 3 is 2.37 bits per heavy atom. The number of carbonyl (C=O) groups is 1. The van der Waals surface area contributed by atoms with Crippen LogP contribution in [-0.4, -0.2) is 30.4 Å². The number of amides is 1. The highest BCUT2D eigenvalue weighted by molar-refractivity contribution is 8.18. The van der Waals surface area contributed by atoms with Crippen molar-refractivity contribution in [3.8, 4) is 17.2 Å². The zero-order chi connectivity index (χ0) is 19.6. The van der Waals surface area contributed by atoms with Gasteiger partial charge in [-0.2, -0.15) is 0 Å². The number of aliphatic imine (C=N–C) groups is 1. The lowest BCUT2D eigenvalue weighted by Crippen LogP contribution is -2.19. The van der Waals surface area contributed by atoms with E-state index in [0.717, 1.165) is 16.8 Å². The van der Waals surface area contributed by atoms with E-state index in [0.29, 0.717) is 15.6 Å². The molecule has 1 saturated heterocycles. The Kier molecular flexibility index (Phi) is 5.41. The van der Waals surface area contributed by atoms with Crippen LogP contribution >= 0.6 is 11.8 Å². The first-order valence-electron chi connectivity index (χ1n) is 8.23. The van der Waals surface area contributed by atoms with Crippen LogP contribution in [0.1, 0.15) is 16.7 Å². The van der Waals surface area contributed by atoms with Gasteiger partial charge in [-0.1, -0.05) is 17.7 Å². The average Bonchev–Trinajstić information content (AvgIpc) is 2.97. The molecule has 1 aliphatic rings. The zero-order valence-electron chi connectivity index (χ0n) is 15.5. The minimum absolute atomic E-state index is 0.0808. The molecule has 2 N–H and O–H groups in total. The Morgan fingerprint density at radius 2 is 1.78 bits per heavy atom. The first kappa shape index (κ1) is 18.8. The lowest BCUT2D eigenvalue weighted by molar-refractivity contribution is -0.115. The fraction of sp³-hybridized carbons (Fsp3) is 0.200. The molecule has 2 aromatic carbocycles. The van der Waals surface area contributed by atoms with E-state index in [2.05, 4.69) is 10.3 Å². The van der Waals surface area contributed by atoms with Crippen LogP contribution in [0.3, 0.4) is 0 Å². The topological polar surface area (TPSA) is 80.2 Å². The molecule has 0 bridgehead atoms. The fourth-order valence-corrected chi connectivity index (χ4v) is 3.50. The second-order valence-corrected chi connectivity index (χ2v) is 7.08. The Labute approximate surface area is 161 Å². The number of thioether (sulfide) groups is 1. The third kappa shape index (κ3) is 4.09. The number of hydrogen-bond acceptors (Lipinski definition) is 6. The summed E-state index contributed by atoms with van der Waals surface area (Å²) < 4.78 is 10.3. The van der Waals surface area contributed by atoms with Crippen molar-refractivity contribution in [2.45, 2.75) is 13.8 Å². The zero-order valence-corrected chi connectivity index (χ0v) is 16.3. The molecule has 140 valence electrons. The van der Waals surface area contributed by atoms with Gasteiger partial charge in [0.1, 0.15) is 0 Å². The van der Waals surface area contributed by atoms with Crippen LogP contribution < -0.4 is 14.8 Å². The Bertz CT molecular complexity index is 941. The molecule has 1 fully saturated rings. The predicted molar refractivity (Wildman–Crippen MR) is 108 cm³/mol. The number of phenolic OH excluding ortho intramolecular Hbond substituents is 1. The third-order valence-electron chi connectivity index (χ3n) is 4.03. The molecule has 0 spiro atoms. The van der Waals surface area contributed by atoms with E-state index in [-0.39, 0.29) is 23.2 Å². The van der Waals surface area contributed by atoms with E-state index < -0.39 is 0 Å². The predicted octanol–water partition coefficient (Wildman–Crippen LogP) is 3.92. The van der Waals surface area contributed by atoms with Crippen LogP contribution in [0.2, 0.25) is 0 Å². The van der Waals surface area contributed by atoms with Crippen LogP contribution in [0.15, 0.2) is 40.2 Å². The van der Waals surface area contributed by atoms with Crippen LogP contribution in [0.4, 0.5) is 5.69 Å². The van der Waals surface area contributed by atoms with Crippen molar-refractivity contribution in [1.29, 1.82) is 0 Å². The molecule has 1 heterocycles. The van der Waals surface area contributed by atoms with Gasteiger partial charge in [0.05, 0.1) is 24.8 Å².